The summed E-state index contributed by atoms with van der Waals surface area (Å²) >= 11 is 0. The molecule has 0 aromatic heterocycles. The van der Waals surface area contributed by atoms with E-state index in [4.69, 9.17) is 0 Å². The maximum Gasteiger partial charge on any atom is 0.100 e. The van der Waals surface area contributed by atoms with Crippen molar-refractivity contribution in [3.05, 3.63) is 23.6 Å². The van der Waals surface area contributed by atoms with E-state index in [1.54, 1.807) is 6.08 Å². The van der Waals surface area contributed by atoms with Crippen molar-refractivity contribution in [2.75, 3.05) is 7.05 Å². The van der Waals surface area contributed by atoms with Gasteiger partial charge in [-0.2, -0.15) is 0 Å². The Bertz CT molecular complexity index is 194. The molecule has 0 aromatic rings. The van der Waals surface area contributed by atoms with Crippen LogP contribution in [0.4, 0.5) is 4.39 Å². The molecule has 0 aliphatic heterocycles. The molecule has 0 spiro atoms. The van der Waals surface area contributed by atoms with Crippen LogP contribution in [0.3, 0.4) is 0 Å². The van der Waals surface area contributed by atoms with E-state index in [0.29, 0.717) is 12.5 Å². The van der Waals surface area contributed by atoms with Crippen LogP contribution >= 0.6 is 0 Å². The van der Waals surface area contributed by atoms with Crippen LogP contribution in [0.25, 0.3) is 0 Å². The summed E-state index contributed by atoms with van der Waals surface area (Å²) in [6.07, 6.45) is 4.86. The number of allylic oxidation sites excluding steroid dienone is 3. The number of nitrogens with one attached hydrogen (secondary N) is 1. The monoisotopic (exact) mass is 155 g/mol. The summed E-state index contributed by atoms with van der Waals surface area (Å²) in [4.78, 5) is 0. The van der Waals surface area contributed by atoms with E-state index in [1.807, 2.05) is 13.1 Å². The molecule has 1 aliphatic carbocycles. The Balaban J connectivity index is 2.60. The molecule has 0 bridgehead atoms. The Morgan fingerprint density at radius 3 is 2.64 bits per heavy atom. The molecule has 0 saturated carbocycles. The van der Waals surface area contributed by atoms with Crippen LogP contribution in [-0.4, -0.2) is 13.1 Å². The minimum Gasteiger partial charge on any atom is -0.314 e. The minimum absolute atomic E-state index is 0.00273. The zero-order valence-corrected chi connectivity index (χ0v) is 7.02. The lowest BCUT2D eigenvalue weighted by Crippen LogP contribution is -2.24. The molecule has 1 atom stereocenters. The second kappa shape index (κ2) is 3.67. The summed E-state index contributed by atoms with van der Waals surface area (Å²) in [7, 11) is 1.92. The highest BCUT2D eigenvalue weighted by Gasteiger charge is 2.09. The largest absolute Gasteiger partial charge is 0.314 e. The first kappa shape index (κ1) is 8.47. The summed E-state index contributed by atoms with van der Waals surface area (Å²) in [5, 5.41) is 3.13. The molecule has 1 nitrogen and oxygen atoms in total. The smallest absolute Gasteiger partial charge is 0.100 e. The van der Waals surface area contributed by atoms with E-state index in [0.717, 1.165) is 6.42 Å². The maximum absolute atomic E-state index is 12.5. The molecule has 1 N–H and O–H groups in total. The Kier molecular flexibility index (Phi) is 2.83. The Hall–Kier alpha value is -0.630. The van der Waals surface area contributed by atoms with Crippen molar-refractivity contribution in [3.63, 3.8) is 0 Å². The van der Waals surface area contributed by atoms with E-state index in [-0.39, 0.29) is 5.83 Å². The number of halogens is 1. The zero-order valence-electron chi connectivity index (χ0n) is 7.02. The van der Waals surface area contributed by atoms with Gasteiger partial charge in [0.2, 0.25) is 0 Å². The highest BCUT2D eigenvalue weighted by atomic mass is 19.1. The van der Waals surface area contributed by atoms with Crippen LogP contribution in [0.2, 0.25) is 0 Å². The standard InChI is InChI=1S/C9H14FN/c1-7(11-2)8-3-5-9(10)6-4-8/h3,5,7,11H,4,6H2,1-2H3/t7-/m1/s1. The van der Waals surface area contributed by atoms with Crippen molar-refractivity contribution in [3.8, 4) is 0 Å². The molecule has 2 heteroatoms. The van der Waals surface area contributed by atoms with Gasteiger partial charge in [0, 0.05) is 12.5 Å². The first-order valence-electron chi connectivity index (χ1n) is 3.96. The van der Waals surface area contributed by atoms with Gasteiger partial charge in [0.15, 0.2) is 0 Å². The van der Waals surface area contributed by atoms with Crippen LogP contribution in [0.1, 0.15) is 19.8 Å². The molecule has 0 aromatic carbocycles. The lowest BCUT2D eigenvalue weighted by atomic mass is 9.99. The molecule has 0 radical (unpaired) electrons. The van der Waals surface area contributed by atoms with Gasteiger partial charge in [-0.15, -0.1) is 0 Å². The predicted molar refractivity (Wildman–Crippen MR) is 45.0 cm³/mol. The molecule has 0 saturated heterocycles. The summed E-state index contributed by atoms with van der Waals surface area (Å²) in [5.41, 5.74) is 1.29. The number of hydrogen-bond donors (Lipinski definition) is 1. The lowest BCUT2D eigenvalue weighted by molar-refractivity contribution is 0.562. The maximum atomic E-state index is 12.5. The summed E-state index contributed by atoms with van der Waals surface area (Å²) in [6.45, 7) is 2.09. The molecule has 1 aliphatic rings. The van der Waals surface area contributed by atoms with Gasteiger partial charge in [-0.25, -0.2) is 4.39 Å². The van der Waals surface area contributed by atoms with Crippen molar-refractivity contribution in [2.45, 2.75) is 25.8 Å². The SMILES string of the molecule is CN[C@H](C)C1=CC=C(F)CC1. The van der Waals surface area contributed by atoms with Gasteiger partial charge < -0.3 is 5.32 Å². The van der Waals surface area contributed by atoms with Crippen LogP contribution < -0.4 is 5.32 Å². The van der Waals surface area contributed by atoms with Gasteiger partial charge in [-0.1, -0.05) is 11.6 Å². The fraction of sp³-hybridized carbons (Fsp3) is 0.556. The average Bonchev–Trinajstić information content (AvgIpc) is 2.05. The van der Waals surface area contributed by atoms with Crippen LogP contribution in [0.15, 0.2) is 23.6 Å². The highest BCUT2D eigenvalue weighted by molar-refractivity contribution is 5.23. The molecular weight excluding hydrogens is 141 g/mol. The summed E-state index contributed by atoms with van der Waals surface area (Å²) in [6, 6.07) is 0.374. The number of likely N-dealkylation sites (N-methyl/N-ethyl adjacent to an activating group) is 1. The Morgan fingerprint density at radius 1 is 1.45 bits per heavy atom. The predicted octanol–water partition coefficient (Wildman–Crippen LogP) is 2.17. The van der Waals surface area contributed by atoms with Gasteiger partial charge in [-0.3, -0.25) is 0 Å². The number of hydrogen-bond acceptors (Lipinski definition) is 1. The van der Waals surface area contributed by atoms with Crippen molar-refractivity contribution < 1.29 is 4.39 Å². The lowest BCUT2D eigenvalue weighted by Gasteiger charge is -2.16. The van der Waals surface area contributed by atoms with Gasteiger partial charge in [0.25, 0.3) is 0 Å². The van der Waals surface area contributed by atoms with Crippen molar-refractivity contribution >= 4 is 0 Å². The fourth-order valence-electron chi connectivity index (χ4n) is 1.17. The van der Waals surface area contributed by atoms with E-state index in [2.05, 4.69) is 12.2 Å². The van der Waals surface area contributed by atoms with Crippen LogP contribution in [-0.2, 0) is 0 Å². The second-order valence-electron chi connectivity index (χ2n) is 2.87. The molecule has 0 fully saturated rings. The first-order chi connectivity index (χ1) is 5.24. The molecule has 11 heavy (non-hydrogen) atoms. The van der Waals surface area contributed by atoms with E-state index < -0.39 is 0 Å². The molecule has 0 heterocycles. The Labute approximate surface area is 67.0 Å². The minimum atomic E-state index is -0.00273. The summed E-state index contributed by atoms with van der Waals surface area (Å²) in [5.74, 6) is -0.00273. The van der Waals surface area contributed by atoms with Crippen molar-refractivity contribution in [2.24, 2.45) is 0 Å². The summed E-state index contributed by atoms with van der Waals surface area (Å²) < 4.78 is 12.5. The Morgan fingerprint density at radius 2 is 2.18 bits per heavy atom. The fourth-order valence-corrected chi connectivity index (χ4v) is 1.17. The van der Waals surface area contributed by atoms with E-state index in [1.165, 1.54) is 5.57 Å². The number of rotatable bonds is 2. The van der Waals surface area contributed by atoms with Gasteiger partial charge >= 0.3 is 0 Å². The third-order valence-electron chi connectivity index (χ3n) is 2.12. The van der Waals surface area contributed by atoms with E-state index >= 15 is 0 Å². The molecule has 0 amide bonds. The van der Waals surface area contributed by atoms with Crippen molar-refractivity contribution in [1.82, 2.24) is 5.32 Å². The normalized spacial score (nSPS) is 20.6. The van der Waals surface area contributed by atoms with E-state index in [9.17, 15) is 4.39 Å². The molecule has 0 unspecified atom stereocenters. The highest BCUT2D eigenvalue weighted by Crippen LogP contribution is 2.20. The van der Waals surface area contributed by atoms with Gasteiger partial charge in [0.1, 0.15) is 5.83 Å². The van der Waals surface area contributed by atoms with Crippen molar-refractivity contribution in [1.29, 1.82) is 0 Å². The molecular formula is C9H14FN. The molecule has 1 rings (SSSR count). The van der Waals surface area contributed by atoms with Gasteiger partial charge in [-0.05, 0) is 26.5 Å². The van der Waals surface area contributed by atoms with Crippen LogP contribution in [0.5, 0.6) is 0 Å². The second-order valence-corrected chi connectivity index (χ2v) is 2.87. The molecule has 62 valence electrons. The topological polar surface area (TPSA) is 12.0 Å². The quantitative estimate of drug-likeness (QED) is 0.644. The third-order valence-corrected chi connectivity index (χ3v) is 2.12. The van der Waals surface area contributed by atoms with Crippen LogP contribution in [0, 0.1) is 0 Å². The van der Waals surface area contributed by atoms with Gasteiger partial charge in [0.05, 0.1) is 0 Å². The first-order valence-corrected chi connectivity index (χ1v) is 3.96. The third kappa shape index (κ3) is 2.15. The average molecular weight is 155 g/mol. The zero-order chi connectivity index (χ0) is 8.27.